The molecule has 0 saturated carbocycles. The SMILES string of the molecule is Cc1cc(/C=C/C(=O)O)cnc1N1CCCCC1C. The minimum absolute atomic E-state index is 0.528. The number of anilines is 1. The van der Waals surface area contributed by atoms with Crippen LogP contribution in [0, 0.1) is 6.92 Å². The van der Waals surface area contributed by atoms with Crippen LogP contribution in [-0.4, -0.2) is 28.6 Å². The van der Waals surface area contributed by atoms with E-state index < -0.39 is 5.97 Å². The Labute approximate surface area is 113 Å². The van der Waals surface area contributed by atoms with Crippen molar-refractivity contribution in [3.8, 4) is 0 Å². The second-order valence-electron chi connectivity index (χ2n) is 5.12. The molecule has 4 heteroatoms. The third-order valence-corrected chi connectivity index (χ3v) is 3.57. The van der Waals surface area contributed by atoms with Gasteiger partial charge in [0, 0.05) is 24.9 Å². The maximum atomic E-state index is 10.5. The first kappa shape index (κ1) is 13.6. The zero-order valence-electron chi connectivity index (χ0n) is 11.5. The molecule has 0 spiro atoms. The van der Waals surface area contributed by atoms with Crippen molar-refractivity contribution in [3.05, 3.63) is 29.5 Å². The highest BCUT2D eigenvalue weighted by atomic mass is 16.4. The lowest BCUT2D eigenvalue weighted by Crippen LogP contribution is -2.38. The van der Waals surface area contributed by atoms with E-state index in [1.807, 2.05) is 13.0 Å². The molecule has 0 radical (unpaired) electrons. The Bertz CT molecular complexity index is 497. The smallest absolute Gasteiger partial charge is 0.328 e. The highest BCUT2D eigenvalue weighted by molar-refractivity contribution is 5.85. The third kappa shape index (κ3) is 3.34. The van der Waals surface area contributed by atoms with Gasteiger partial charge in [-0.1, -0.05) is 0 Å². The highest BCUT2D eigenvalue weighted by Crippen LogP contribution is 2.26. The van der Waals surface area contributed by atoms with Crippen LogP contribution in [0.15, 0.2) is 18.3 Å². The van der Waals surface area contributed by atoms with Crippen LogP contribution < -0.4 is 4.90 Å². The van der Waals surface area contributed by atoms with Crippen molar-refractivity contribution in [2.75, 3.05) is 11.4 Å². The summed E-state index contributed by atoms with van der Waals surface area (Å²) in [5.41, 5.74) is 1.93. The van der Waals surface area contributed by atoms with Gasteiger partial charge in [-0.25, -0.2) is 9.78 Å². The van der Waals surface area contributed by atoms with E-state index in [9.17, 15) is 4.79 Å². The van der Waals surface area contributed by atoms with Crippen LogP contribution in [0.3, 0.4) is 0 Å². The number of carboxylic acids is 1. The molecule has 1 fully saturated rings. The predicted octanol–water partition coefficient (Wildman–Crippen LogP) is 2.87. The fourth-order valence-electron chi connectivity index (χ4n) is 2.56. The summed E-state index contributed by atoms with van der Waals surface area (Å²) in [7, 11) is 0. The number of aromatic nitrogens is 1. The fraction of sp³-hybridized carbons (Fsp3) is 0.467. The number of hydrogen-bond donors (Lipinski definition) is 1. The first-order valence-electron chi connectivity index (χ1n) is 6.72. The molecule has 1 N–H and O–H groups in total. The lowest BCUT2D eigenvalue weighted by atomic mass is 10.0. The van der Waals surface area contributed by atoms with E-state index in [2.05, 4.69) is 16.8 Å². The number of aliphatic carboxylic acids is 1. The summed E-state index contributed by atoms with van der Waals surface area (Å²) in [6, 6.07) is 2.52. The Morgan fingerprint density at radius 2 is 2.32 bits per heavy atom. The Kier molecular flexibility index (Phi) is 4.20. The molecular formula is C15H20N2O2. The normalized spacial score (nSPS) is 19.9. The minimum atomic E-state index is -0.939. The van der Waals surface area contributed by atoms with E-state index in [4.69, 9.17) is 5.11 Å². The zero-order valence-corrected chi connectivity index (χ0v) is 11.5. The number of hydrogen-bond acceptors (Lipinski definition) is 3. The van der Waals surface area contributed by atoms with Gasteiger partial charge in [0.25, 0.3) is 0 Å². The molecule has 2 heterocycles. The second kappa shape index (κ2) is 5.87. The number of aryl methyl sites for hydroxylation is 1. The van der Waals surface area contributed by atoms with Gasteiger partial charge in [-0.3, -0.25) is 0 Å². The Balaban J connectivity index is 2.21. The van der Waals surface area contributed by atoms with Crippen LogP contribution in [0.2, 0.25) is 0 Å². The molecule has 19 heavy (non-hydrogen) atoms. The van der Waals surface area contributed by atoms with Gasteiger partial charge in [0.2, 0.25) is 0 Å². The van der Waals surface area contributed by atoms with E-state index in [1.54, 1.807) is 12.3 Å². The van der Waals surface area contributed by atoms with Crippen molar-refractivity contribution in [2.24, 2.45) is 0 Å². The third-order valence-electron chi connectivity index (χ3n) is 3.57. The van der Waals surface area contributed by atoms with Gasteiger partial charge in [-0.05, 0) is 56.4 Å². The maximum Gasteiger partial charge on any atom is 0.328 e. The molecule has 4 nitrogen and oxygen atoms in total. The van der Waals surface area contributed by atoms with Gasteiger partial charge in [0.15, 0.2) is 0 Å². The molecule has 1 aliphatic rings. The molecule has 1 saturated heterocycles. The molecule has 102 valence electrons. The number of carbonyl (C=O) groups is 1. The van der Waals surface area contributed by atoms with Crippen LogP contribution in [0.4, 0.5) is 5.82 Å². The summed E-state index contributed by atoms with van der Waals surface area (Å²) in [5, 5.41) is 8.62. The number of carboxylic acid groups (broad SMARTS) is 1. The summed E-state index contributed by atoms with van der Waals surface area (Å²) < 4.78 is 0. The summed E-state index contributed by atoms with van der Waals surface area (Å²) in [6.07, 6.45) is 8.17. The largest absolute Gasteiger partial charge is 0.478 e. The molecular weight excluding hydrogens is 240 g/mol. The van der Waals surface area contributed by atoms with Crippen LogP contribution in [0.1, 0.15) is 37.3 Å². The van der Waals surface area contributed by atoms with E-state index in [0.29, 0.717) is 6.04 Å². The number of nitrogens with zero attached hydrogens (tertiary/aromatic N) is 2. The Hall–Kier alpha value is -1.84. The molecule has 1 aromatic rings. The molecule has 0 aromatic carbocycles. The summed E-state index contributed by atoms with van der Waals surface area (Å²) in [4.78, 5) is 17.4. The monoisotopic (exact) mass is 260 g/mol. The van der Waals surface area contributed by atoms with E-state index >= 15 is 0 Å². The van der Waals surface area contributed by atoms with Gasteiger partial charge in [-0.2, -0.15) is 0 Å². The van der Waals surface area contributed by atoms with Crippen molar-refractivity contribution in [1.29, 1.82) is 0 Å². The van der Waals surface area contributed by atoms with Crippen molar-refractivity contribution in [3.63, 3.8) is 0 Å². The molecule has 0 aliphatic carbocycles. The molecule has 2 rings (SSSR count). The molecule has 0 amide bonds. The quantitative estimate of drug-likeness (QED) is 0.849. The second-order valence-corrected chi connectivity index (χ2v) is 5.12. The number of pyridine rings is 1. The highest BCUT2D eigenvalue weighted by Gasteiger charge is 2.20. The van der Waals surface area contributed by atoms with Crippen molar-refractivity contribution in [1.82, 2.24) is 4.98 Å². The molecule has 1 aromatic heterocycles. The zero-order chi connectivity index (χ0) is 13.8. The first-order chi connectivity index (χ1) is 9.08. The van der Waals surface area contributed by atoms with Gasteiger partial charge in [0.1, 0.15) is 5.82 Å². The van der Waals surface area contributed by atoms with Gasteiger partial charge in [0.05, 0.1) is 0 Å². The van der Waals surface area contributed by atoms with Crippen LogP contribution in [0.25, 0.3) is 6.08 Å². The van der Waals surface area contributed by atoms with Crippen LogP contribution in [-0.2, 0) is 4.79 Å². The summed E-state index contributed by atoms with van der Waals surface area (Å²) >= 11 is 0. The van der Waals surface area contributed by atoms with Crippen LogP contribution in [0.5, 0.6) is 0 Å². The maximum absolute atomic E-state index is 10.5. The molecule has 0 bridgehead atoms. The summed E-state index contributed by atoms with van der Waals surface area (Å²) in [6.45, 7) is 5.32. The van der Waals surface area contributed by atoms with Crippen LogP contribution >= 0.6 is 0 Å². The van der Waals surface area contributed by atoms with Gasteiger partial charge < -0.3 is 10.0 Å². The van der Waals surface area contributed by atoms with Gasteiger partial charge >= 0.3 is 5.97 Å². The summed E-state index contributed by atoms with van der Waals surface area (Å²) in [5.74, 6) is 0.0889. The minimum Gasteiger partial charge on any atom is -0.478 e. The van der Waals surface area contributed by atoms with Crippen molar-refractivity contribution < 1.29 is 9.90 Å². The number of rotatable bonds is 3. The average Bonchev–Trinajstić information content (AvgIpc) is 2.38. The lowest BCUT2D eigenvalue weighted by Gasteiger charge is -2.35. The molecule has 1 unspecified atom stereocenters. The average molecular weight is 260 g/mol. The predicted molar refractivity (Wildman–Crippen MR) is 76.3 cm³/mol. The standard InChI is InChI=1S/C15H20N2O2/c1-11-9-13(6-7-14(18)19)10-16-15(11)17-8-4-3-5-12(17)2/h6-7,9-10,12H,3-5,8H2,1-2H3,(H,18,19)/b7-6+. The van der Waals surface area contributed by atoms with Gasteiger partial charge in [-0.15, -0.1) is 0 Å². The van der Waals surface area contributed by atoms with E-state index in [-0.39, 0.29) is 0 Å². The number of piperidine rings is 1. The van der Waals surface area contributed by atoms with E-state index in [0.717, 1.165) is 29.6 Å². The Morgan fingerprint density at radius 3 is 2.95 bits per heavy atom. The topological polar surface area (TPSA) is 53.4 Å². The fourth-order valence-corrected chi connectivity index (χ4v) is 2.56. The van der Waals surface area contributed by atoms with Crippen molar-refractivity contribution >= 4 is 17.9 Å². The molecule has 1 atom stereocenters. The lowest BCUT2D eigenvalue weighted by molar-refractivity contribution is -0.131. The Morgan fingerprint density at radius 1 is 1.53 bits per heavy atom. The van der Waals surface area contributed by atoms with E-state index in [1.165, 1.54) is 19.3 Å². The first-order valence-corrected chi connectivity index (χ1v) is 6.72. The molecule has 1 aliphatic heterocycles. The van der Waals surface area contributed by atoms with Crippen molar-refractivity contribution in [2.45, 2.75) is 39.2 Å².